The third-order valence-electron chi connectivity index (χ3n) is 4.43. The van der Waals surface area contributed by atoms with Gasteiger partial charge in [-0.15, -0.1) is 0 Å². The van der Waals surface area contributed by atoms with Crippen molar-refractivity contribution in [2.45, 2.75) is 60.2 Å². The van der Waals surface area contributed by atoms with Gasteiger partial charge in [-0.05, 0) is 34.1 Å². The summed E-state index contributed by atoms with van der Waals surface area (Å²) in [5.74, 6) is -1.01. The maximum absolute atomic E-state index is 12.8. The first-order chi connectivity index (χ1) is 13.5. The van der Waals surface area contributed by atoms with Gasteiger partial charge in [0.2, 0.25) is 0 Å². The first-order valence-corrected chi connectivity index (χ1v) is 9.54. The Morgan fingerprint density at radius 1 is 1.17 bits per heavy atom. The largest absolute Gasteiger partial charge is 0.464 e. The zero-order valence-electron chi connectivity index (χ0n) is 17.7. The van der Waals surface area contributed by atoms with E-state index in [1.807, 2.05) is 6.92 Å². The second-order valence-electron chi connectivity index (χ2n) is 7.77. The molecule has 10 nitrogen and oxygen atoms in total. The number of fused-ring (bicyclic) bond motifs is 1. The molecular weight excluding hydrogens is 380 g/mol. The second kappa shape index (κ2) is 8.62. The SMILES string of the molecule is CCCC(C(=O)OCC)n1c(=O)n(C)c(=O)c2c1ncn2COC(=O)C(C)(C)C. The monoisotopic (exact) mass is 408 g/mol. The topological polar surface area (TPSA) is 114 Å². The molecule has 0 aliphatic heterocycles. The van der Waals surface area contributed by atoms with Gasteiger partial charge in [-0.2, -0.15) is 0 Å². The fraction of sp³-hybridized carbons (Fsp3) is 0.632. The Kier molecular flexibility index (Phi) is 6.66. The predicted molar refractivity (Wildman–Crippen MR) is 105 cm³/mol. The molecule has 0 saturated heterocycles. The Hall–Kier alpha value is -2.91. The maximum atomic E-state index is 12.8. The van der Waals surface area contributed by atoms with Gasteiger partial charge in [0.15, 0.2) is 17.9 Å². The molecule has 29 heavy (non-hydrogen) atoms. The highest BCUT2D eigenvalue weighted by molar-refractivity contribution is 5.78. The van der Waals surface area contributed by atoms with Crippen LogP contribution in [0, 0.1) is 5.41 Å². The second-order valence-corrected chi connectivity index (χ2v) is 7.77. The highest BCUT2D eigenvalue weighted by Gasteiger charge is 2.28. The average molecular weight is 408 g/mol. The lowest BCUT2D eigenvalue weighted by Crippen LogP contribution is -2.42. The van der Waals surface area contributed by atoms with Gasteiger partial charge in [0.25, 0.3) is 5.56 Å². The van der Waals surface area contributed by atoms with Gasteiger partial charge >= 0.3 is 17.6 Å². The fourth-order valence-electron chi connectivity index (χ4n) is 2.85. The molecule has 10 heteroatoms. The maximum Gasteiger partial charge on any atom is 0.333 e. The van der Waals surface area contributed by atoms with Crippen molar-refractivity contribution in [3.63, 3.8) is 0 Å². The van der Waals surface area contributed by atoms with Gasteiger partial charge in [0.05, 0.1) is 12.0 Å². The lowest BCUT2D eigenvalue weighted by atomic mass is 9.98. The number of esters is 2. The summed E-state index contributed by atoms with van der Waals surface area (Å²) < 4.78 is 13.8. The quantitative estimate of drug-likeness (QED) is 0.635. The Labute approximate surface area is 168 Å². The number of carbonyl (C=O) groups is 2. The normalized spacial score (nSPS) is 12.8. The summed E-state index contributed by atoms with van der Waals surface area (Å²) >= 11 is 0. The number of carbonyl (C=O) groups excluding carboxylic acids is 2. The van der Waals surface area contributed by atoms with Crippen molar-refractivity contribution in [3.8, 4) is 0 Å². The Morgan fingerprint density at radius 3 is 2.38 bits per heavy atom. The number of hydrogen-bond donors (Lipinski definition) is 0. The zero-order chi connectivity index (χ0) is 21.9. The van der Waals surface area contributed by atoms with E-state index < -0.39 is 34.6 Å². The number of hydrogen-bond acceptors (Lipinski definition) is 7. The van der Waals surface area contributed by atoms with Crippen LogP contribution in [0.4, 0.5) is 0 Å². The van der Waals surface area contributed by atoms with Crippen molar-refractivity contribution in [2.75, 3.05) is 6.61 Å². The summed E-state index contributed by atoms with van der Waals surface area (Å²) in [6, 6.07) is -0.915. The molecule has 0 radical (unpaired) electrons. The van der Waals surface area contributed by atoms with Gasteiger partial charge in [-0.1, -0.05) is 13.3 Å². The molecule has 1 atom stereocenters. The van der Waals surface area contributed by atoms with E-state index in [9.17, 15) is 19.2 Å². The highest BCUT2D eigenvalue weighted by atomic mass is 16.5. The van der Waals surface area contributed by atoms with Crippen LogP contribution in [0.3, 0.4) is 0 Å². The summed E-state index contributed by atoms with van der Waals surface area (Å²) in [6.07, 6.45) is 2.27. The summed E-state index contributed by atoms with van der Waals surface area (Å²) in [5.41, 5.74) is -1.84. The van der Waals surface area contributed by atoms with E-state index in [1.54, 1.807) is 27.7 Å². The zero-order valence-corrected chi connectivity index (χ0v) is 17.7. The standard InChI is InChI=1S/C19H28N4O6/c1-7-9-12(16(25)28-8-2)23-14-13(15(24)21(6)18(23)27)22(10-20-14)11-29-17(26)19(3,4)5/h10,12H,7-9,11H2,1-6H3. The van der Waals surface area contributed by atoms with Crippen LogP contribution in [0.2, 0.25) is 0 Å². The molecule has 0 saturated carbocycles. The number of aromatic nitrogens is 4. The van der Waals surface area contributed by atoms with Crippen molar-refractivity contribution in [1.29, 1.82) is 0 Å². The third-order valence-corrected chi connectivity index (χ3v) is 4.43. The van der Waals surface area contributed by atoms with Crippen LogP contribution < -0.4 is 11.2 Å². The number of rotatable bonds is 7. The molecule has 0 aliphatic carbocycles. The van der Waals surface area contributed by atoms with E-state index in [0.717, 1.165) is 4.57 Å². The first-order valence-electron chi connectivity index (χ1n) is 9.54. The van der Waals surface area contributed by atoms with Crippen molar-refractivity contribution < 1.29 is 19.1 Å². The van der Waals surface area contributed by atoms with Gasteiger partial charge < -0.3 is 9.47 Å². The van der Waals surface area contributed by atoms with Crippen LogP contribution in [0.15, 0.2) is 15.9 Å². The molecule has 1 unspecified atom stereocenters. The molecule has 0 fully saturated rings. The predicted octanol–water partition coefficient (Wildman–Crippen LogP) is 1.35. The highest BCUT2D eigenvalue weighted by Crippen LogP contribution is 2.20. The van der Waals surface area contributed by atoms with E-state index in [0.29, 0.717) is 12.8 Å². The molecule has 0 spiro atoms. The number of imidazole rings is 1. The summed E-state index contributed by atoms with van der Waals surface area (Å²) in [7, 11) is 1.33. The molecule has 0 amide bonds. The molecule has 0 aliphatic rings. The Balaban J connectivity index is 2.63. The van der Waals surface area contributed by atoms with Gasteiger partial charge in [-0.25, -0.2) is 14.6 Å². The Morgan fingerprint density at radius 2 is 1.83 bits per heavy atom. The van der Waals surface area contributed by atoms with Crippen LogP contribution in [0.5, 0.6) is 0 Å². The minimum absolute atomic E-state index is 0.0522. The van der Waals surface area contributed by atoms with Crippen LogP contribution in [0.25, 0.3) is 11.2 Å². The lowest BCUT2D eigenvalue weighted by molar-refractivity contribution is -0.156. The summed E-state index contributed by atoms with van der Waals surface area (Å²) in [6.45, 7) is 8.63. The molecule has 0 aromatic carbocycles. The first kappa shape index (κ1) is 22.4. The number of ether oxygens (including phenoxy) is 2. The minimum atomic E-state index is -0.915. The van der Waals surface area contributed by atoms with Crippen molar-refractivity contribution >= 4 is 23.1 Å². The van der Waals surface area contributed by atoms with E-state index >= 15 is 0 Å². The average Bonchev–Trinajstić information content (AvgIpc) is 3.06. The van der Waals surface area contributed by atoms with Crippen molar-refractivity contribution in [1.82, 2.24) is 18.7 Å². The van der Waals surface area contributed by atoms with E-state index in [2.05, 4.69) is 4.98 Å². The fourth-order valence-corrected chi connectivity index (χ4v) is 2.85. The van der Waals surface area contributed by atoms with Crippen molar-refractivity contribution in [2.24, 2.45) is 12.5 Å². The molecular formula is C19H28N4O6. The van der Waals surface area contributed by atoms with Gasteiger partial charge in [-0.3, -0.25) is 23.3 Å². The third kappa shape index (κ3) is 4.41. The molecule has 0 bridgehead atoms. The van der Waals surface area contributed by atoms with E-state index in [1.165, 1.54) is 22.5 Å². The van der Waals surface area contributed by atoms with Crippen LogP contribution in [-0.2, 0) is 32.8 Å². The smallest absolute Gasteiger partial charge is 0.333 e. The van der Waals surface area contributed by atoms with Crippen molar-refractivity contribution in [3.05, 3.63) is 27.2 Å². The molecule has 2 aromatic heterocycles. The van der Waals surface area contributed by atoms with Crippen LogP contribution in [-0.4, -0.2) is 37.2 Å². The lowest BCUT2D eigenvalue weighted by Gasteiger charge is -2.19. The van der Waals surface area contributed by atoms with Gasteiger partial charge in [0.1, 0.15) is 12.4 Å². The molecule has 2 rings (SSSR count). The summed E-state index contributed by atoms with van der Waals surface area (Å²) in [4.78, 5) is 54.3. The number of nitrogens with zero attached hydrogens (tertiary/aromatic N) is 4. The van der Waals surface area contributed by atoms with Crippen LogP contribution >= 0.6 is 0 Å². The molecule has 2 heterocycles. The summed E-state index contributed by atoms with van der Waals surface area (Å²) in [5, 5.41) is 0. The van der Waals surface area contributed by atoms with Crippen LogP contribution in [0.1, 0.15) is 53.5 Å². The van der Waals surface area contributed by atoms with Gasteiger partial charge in [0, 0.05) is 7.05 Å². The molecule has 160 valence electrons. The molecule has 2 aromatic rings. The van der Waals surface area contributed by atoms with E-state index in [4.69, 9.17) is 9.47 Å². The Bertz CT molecular complexity index is 1020. The van der Waals surface area contributed by atoms with E-state index in [-0.39, 0.29) is 24.5 Å². The molecule has 0 N–H and O–H groups in total. The minimum Gasteiger partial charge on any atom is -0.464 e.